The van der Waals surface area contributed by atoms with Gasteiger partial charge in [-0.05, 0) is 32.3 Å². The van der Waals surface area contributed by atoms with Crippen LogP contribution in [0.15, 0.2) is 12.2 Å². The maximum absolute atomic E-state index is 11.8. The summed E-state index contributed by atoms with van der Waals surface area (Å²) in [6.07, 6.45) is 0.192. The van der Waals surface area contributed by atoms with Gasteiger partial charge in [-0.25, -0.2) is 4.79 Å². The summed E-state index contributed by atoms with van der Waals surface area (Å²) in [5.74, 6) is -0.290. The summed E-state index contributed by atoms with van der Waals surface area (Å²) in [6, 6.07) is 0. The maximum atomic E-state index is 11.8. The largest absolute Gasteiger partial charge is 0.435 e. The number of primary amides is 1. The SMILES string of the molecule is C=C(C)C(=O)C(C)(CCCBr)OC(N)=O. The molecule has 15 heavy (non-hydrogen) atoms. The number of hydrogen-bond acceptors (Lipinski definition) is 3. The smallest absolute Gasteiger partial charge is 0.405 e. The molecule has 1 atom stereocenters. The number of ketones is 1. The Hall–Kier alpha value is -0.840. The highest BCUT2D eigenvalue weighted by Crippen LogP contribution is 2.22. The Labute approximate surface area is 98.0 Å². The van der Waals surface area contributed by atoms with Gasteiger partial charge in [-0.2, -0.15) is 0 Å². The average Bonchev–Trinajstić information content (AvgIpc) is 2.12. The number of hydrogen-bond donors (Lipinski definition) is 1. The van der Waals surface area contributed by atoms with Crippen LogP contribution in [-0.4, -0.2) is 22.8 Å². The van der Waals surface area contributed by atoms with Gasteiger partial charge in [0.05, 0.1) is 0 Å². The van der Waals surface area contributed by atoms with Gasteiger partial charge >= 0.3 is 6.09 Å². The lowest BCUT2D eigenvalue weighted by Crippen LogP contribution is -2.42. The molecule has 0 saturated carbocycles. The molecule has 0 saturated heterocycles. The Morgan fingerprint density at radius 1 is 1.53 bits per heavy atom. The maximum Gasteiger partial charge on any atom is 0.405 e. The van der Waals surface area contributed by atoms with Gasteiger partial charge in [0.1, 0.15) is 0 Å². The Bertz CT molecular complexity index is 278. The fourth-order valence-electron chi connectivity index (χ4n) is 1.29. The molecule has 1 amide bonds. The molecule has 0 aromatic carbocycles. The van der Waals surface area contributed by atoms with Crippen molar-refractivity contribution in [1.82, 2.24) is 0 Å². The monoisotopic (exact) mass is 277 g/mol. The van der Waals surface area contributed by atoms with Gasteiger partial charge in [-0.15, -0.1) is 0 Å². The fraction of sp³-hybridized carbons (Fsp3) is 0.600. The van der Waals surface area contributed by atoms with Crippen LogP contribution >= 0.6 is 15.9 Å². The third-order valence-electron chi connectivity index (χ3n) is 1.98. The van der Waals surface area contributed by atoms with Gasteiger partial charge in [0, 0.05) is 5.33 Å². The molecule has 0 fully saturated rings. The zero-order chi connectivity index (χ0) is 12.1. The molecule has 0 aliphatic heterocycles. The molecule has 4 nitrogen and oxygen atoms in total. The molecule has 0 rings (SSSR count). The topological polar surface area (TPSA) is 69.4 Å². The number of halogens is 1. The second-order valence-corrected chi connectivity index (χ2v) is 4.35. The standard InChI is InChI=1S/C10H16BrNO3/c1-7(2)8(13)10(3,5-4-6-11)15-9(12)14/h1,4-6H2,2-3H3,(H2,12,14). The van der Waals surface area contributed by atoms with E-state index in [0.29, 0.717) is 18.4 Å². The molecular formula is C10H16BrNO3. The predicted molar refractivity (Wildman–Crippen MR) is 61.9 cm³/mol. The zero-order valence-electron chi connectivity index (χ0n) is 9.01. The number of amides is 1. The fourth-order valence-corrected chi connectivity index (χ4v) is 1.57. The van der Waals surface area contributed by atoms with Gasteiger partial charge in [0.15, 0.2) is 5.60 Å². The zero-order valence-corrected chi connectivity index (χ0v) is 10.6. The Balaban J connectivity index is 4.75. The summed E-state index contributed by atoms with van der Waals surface area (Å²) in [7, 11) is 0. The van der Waals surface area contributed by atoms with Gasteiger partial charge < -0.3 is 10.5 Å². The summed E-state index contributed by atoms with van der Waals surface area (Å²) < 4.78 is 4.87. The first kappa shape index (κ1) is 14.2. The lowest BCUT2D eigenvalue weighted by atomic mass is 9.91. The summed E-state index contributed by atoms with van der Waals surface area (Å²) in [5, 5.41) is 0.730. The van der Waals surface area contributed by atoms with Crippen LogP contribution in [0.3, 0.4) is 0 Å². The molecule has 0 aliphatic rings. The van der Waals surface area contributed by atoms with E-state index in [4.69, 9.17) is 10.5 Å². The molecule has 0 aromatic heterocycles. The van der Waals surface area contributed by atoms with Crippen LogP contribution in [0.25, 0.3) is 0 Å². The molecule has 86 valence electrons. The molecule has 0 aromatic rings. The second-order valence-electron chi connectivity index (χ2n) is 3.55. The van der Waals surface area contributed by atoms with Gasteiger partial charge in [-0.1, -0.05) is 22.5 Å². The number of Topliss-reactive ketones (excluding diaryl/α,β-unsaturated/α-hetero) is 1. The van der Waals surface area contributed by atoms with E-state index in [1.807, 2.05) is 0 Å². The first-order valence-corrected chi connectivity index (χ1v) is 5.70. The van der Waals surface area contributed by atoms with Crippen LogP contribution in [0.1, 0.15) is 26.7 Å². The molecule has 0 spiro atoms. The minimum atomic E-state index is -1.19. The molecule has 2 N–H and O–H groups in total. The van der Waals surface area contributed by atoms with E-state index < -0.39 is 11.7 Å². The van der Waals surface area contributed by atoms with Crippen molar-refractivity contribution in [2.45, 2.75) is 32.3 Å². The molecule has 5 heteroatoms. The summed E-state index contributed by atoms with van der Waals surface area (Å²) in [5.41, 5.74) is 4.10. The van der Waals surface area contributed by atoms with E-state index in [1.54, 1.807) is 13.8 Å². The first-order valence-electron chi connectivity index (χ1n) is 4.58. The number of ether oxygens (including phenoxy) is 1. The average molecular weight is 278 g/mol. The van der Waals surface area contributed by atoms with Crippen LogP contribution in [-0.2, 0) is 9.53 Å². The van der Waals surface area contributed by atoms with E-state index in [1.165, 1.54) is 0 Å². The molecular weight excluding hydrogens is 262 g/mol. The third kappa shape index (κ3) is 4.46. The number of rotatable bonds is 6. The van der Waals surface area contributed by atoms with Gasteiger partial charge in [0.2, 0.25) is 5.78 Å². The van der Waals surface area contributed by atoms with Crippen molar-refractivity contribution in [3.05, 3.63) is 12.2 Å². The van der Waals surface area contributed by atoms with Crippen LogP contribution in [0, 0.1) is 0 Å². The van der Waals surface area contributed by atoms with Crippen molar-refractivity contribution >= 4 is 27.8 Å². The lowest BCUT2D eigenvalue weighted by Gasteiger charge is -2.27. The van der Waals surface area contributed by atoms with Crippen molar-refractivity contribution in [3.8, 4) is 0 Å². The summed E-state index contributed by atoms with van der Waals surface area (Å²) in [4.78, 5) is 22.5. The third-order valence-corrected chi connectivity index (χ3v) is 2.54. The quantitative estimate of drug-likeness (QED) is 0.598. The highest BCUT2D eigenvalue weighted by atomic mass is 79.9. The normalized spacial score (nSPS) is 14.1. The number of carbonyl (C=O) groups excluding carboxylic acids is 2. The predicted octanol–water partition coefficient (Wildman–Crippen LogP) is 2.16. The van der Waals surface area contributed by atoms with Crippen molar-refractivity contribution in [1.29, 1.82) is 0 Å². The highest BCUT2D eigenvalue weighted by molar-refractivity contribution is 9.09. The molecule has 0 bridgehead atoms. The number of carbonyl (C=O) groups is 2. The van der Waals surface area contributed by atoms with E-state index in [-0.39, 0.29) is 5.78 Å². The van der Waals surface area contributed by atoms with Gasteiger partial charge in [0.25, 0.3) is 0 Å². The van der Waals surface area contributed by atoms with Crippen LogP contribution in [0.5, 0.6) is 0 Å². The van der Waals surface area contributed by atoms with E-state index in [2.05, 4.69) is 22.5 Å². The molecule has 0 aliphatic carbocycles. The number of alkyl halides is 1. The van der Waals surface area contributed by atoms with Crippen LogP contribution in [0.4, 0.5) is 4.79 Å². The highest BCUT2D eigenvalue weighted by Gasteiger charge is 2.36. The van der Waals surface area contributed by atoms with Crippen molar-refractivity contribution in [2.75, 3.05) is 5.33 Å². The van der Waals surface area contributed by atoms with E-state index >= 15 is 0 Å². The minimum Gasteiger partial charge on any atom is -0.435 e. The molecule has 1 unspecified atom stereocenters. The van der Waals surface area contributed by atoms with E-state index in [0.717, 1.165) is 5.33 Å². The molecule has 0 heterocycles. The minimum absolute atomic E-state index is 0.290. The Kier molecular flexibility index (Phi) is 5.57. The Morgan fingerprint density at radius 2 is 2.07 bits per heavy atom. The van der Waals surface area contributed by atoms with Crippen molar-refractivity contribution < 1.29 is 14.3 Å². The summed E-state index contributed by atoms with van der Waals surface area (Å²) >= 11 is 3.25. The molecule has 0 radical (unpaired) electrons. The van der Waals surface area contributed by atoms with Crippen LogP contribution in [0.2, 0.25) is 0 Å². The first-order chi connectivity index (χ1) is 6.83. The van der Waals surface area contributed by atoms with Crippen molar-refractivity contribution in [2.24, 2.45) is 5.73 Å². The van der Waals surface area contributed by atoms with Crippen molar-refractivity contribution in [3.63, 3.8) is 0 Å². The van der Waals surface area contributed by atoms with Crippen LogP contribution < -0.4 is 5.73 Å². The Morgan fingerprint density at radius 3 is 2.40 bits per heavy atom. The van der Waals surface area contributed by atoms with E-state index in [9.17, 15) is 9.59 Å². The summed E-state index contributed by atoms with van der Waals surface area (Å²) in [6.45, 7) is 6.68. The number of nitrogens with two attached hydrogens (primary N) is 1. The lowest BCUT2D eigenvalue weighted by molar-refractivity contribution is -0.132. The van der Waals surface area contributed by atoms with Gasteiger partial charge in [-0.3, -0.25) is 4.79 Å². The second kappa shape index (κ2) is 5.90.